The van der Waals surface area contributed by atoms with Crippen LogP contribution in [0.15, 0.2) is 24.3 Å². The van der Waals surface area contributed by atoms with Crippen molar-refractivity contribution in [2.75, 3.05) is 13.7 Å². The van der Waals surface area contributed by atoms with Crippen LogP contribution in [0, 0.1) is 11.8 Å². The van der Waals surface area contributed by atoms with E-state index in [-0.39, 0.29) is 6.04 Å². The largest absolute Gasteiger partial charge is 0.480 e. The SMILES string of the molecule is COCc1ccccc1CN1CC2CCCC2C1C(=O)O. The molecule has 3 rings (SSSR count). The van der Waals surface area contributed by atoms with Gasteiger partial charge in [0, 0.05) is 20.2 Å². The van der Waals surface area contributed by atoms with Gasteiger partial charge in [0.25, 0.3) is 0 Å². The monoisotopic (exact) mass is 289 g/mol. The van der Waals surface area contributed by atoms with Crippen molar-refractivity contribution in [3.05, 3.63) is 35.4 Å². The van der Waals surface area contributed by atoms with E-state index in [9.17, 15) is 9.90 Å². The zero-order valence-electron chi connectivity index (χ0n) is 12.5. The molecule has 3 atom stereocenters. The molecule has 1 aromatic rings. The Labute approximate surface area is 125 Å². The van der Waals surface area contributed by atoms with Crippen LogP contribution in [0.25, 0.3) is 0 Å². The predicted molar refractivity (Wildman–Crippen MR) is 79.8 cm³/mol. The maximum Gasteiger partial charge on any atom is 0.321 e. The zero-order valence-corrected chi connectivity index (χ0v) is 12.5. The Balaban J connectivity index is 1.79. The molecule has 4 heteroatoms. The average molecular weight is 289 g/mol. The highest BCUT2D eigenvalue weighted by molar-refractivity contribution is 5.74. The Morgan fingerprint density at radius 1 is 1.33 bits per heavy atom. The van der Waals surface area contributed by atoms with E-state index in [1.165, 1.54) is 18.4 Å². The first-order valence-electron chi connectivity index (χ1n) is 7.73. The maximum absolute atomic E-state index is 11.7. The summed E-state index contributed by atoms with van der Waals surface area (Å²) >= 11 is 0. The molecule has 0 spiro atoms. The Hall–Kier alpha value is -1.39. The highest BCUT2D eigenvalue weighted by Crippen LogP contribution is 2.42. The zero-order chi connectivity index (χ0) is 14.8. The fourth-order valence-corrected chi connectivity index (χ4v) is 4.12. The third-order valence-electron chi connectivity index (χ3n) is 5.03. The highest BCUT2D eigenvalue weighted by Gasteiger charge is 2.47. The molecule has 4 nitrogen and oxygen atoms in total. The predicted octanol–water partition coefficient (Wildman–Crippen LogP) is 2.52. The molecule has 1 saturated carbocycles. The molecule has 1 saturated heterocycles. The van der Waals surface area contributed by atoms with Gasteiger partial charge in [-0.05, 0) is 35.8 Å². The molecule has 2 fully saturated rings. The molecule has 1 aliphatic heterocycles. The standard InChI is InChI=1S/C17H23NO3/c1-21-11-14-6-3-2-5-12(14)9-18-10-13-7-4-8-15(13)16(18)17(19)20/h2-3,5-6,13,15-16H,4,7-11H2,1H3,(H,19,20). The van der Waals surface area contributed by atoms with Gasteiger partial charge in [0.05, 0.1) is 6.61 Å². The summed E-state index contributed by atoms with van der Waals surface area (Å²) in [6, 6.07) is 7.85. The summed E-state index contributed by atoms with van der Waals surface area (Å²) in [7, 11) is 1.69. The molecule has 0 amide bonds. The number of carboxylic acid groups (broad SMARTS) is 1. The number of benzene rings is 1. The van der Waals surface area contributed by atoms with Crippen LogP contribution in [0.3, 0.4) is 0 Å². The van der Waals surface area contributed by atoms with Crippen molar-refractivity contribution >= 4 is 5.97 Å². The van der Waals surface area contributed by atoms with Gasteiger partial charge < -0.3 is 9.84 Å². The van der Waals surface area contributed by atoms with Gasteiger partial charge in [0.1, 0.15) is 6.04 Å². The number of carbonyl (C=O) groups is 1. The van der Waals surface area contributed by atoms with Gasteiger partial charge in [0.15, 0.2) is 0 Å². The minimum Gasteiger partial charge on any atom is -0.480 e. The number of ether oxygens (including phenoxy) is 1. The number of methoxy groups -OCH3 is 1. The fraction of sp³-hybridized carbons (Fsp3) is 0.588. The van der Waals surface area contributed by atoms with Gasteiger partial charge in [-0.15, -0.1) is 0 Å². The van der Waals surface area contributed by atoms with Gasteiger partial charge >= 0.3 is 5.97 Å². The van der Waals surface area contributed by atoms with Gasteiger partial charge in [-0.1, -0.05) is 30.7 Å². The Morgan fingerprint density at radius 2 is 2.10 bits per heavy atom. The minimum absolute atomic E-state index is 0.312. The first-order valence-corrected chi connectivity index (χ1v) is 7.73. The molecule has 1 aliphatic carbocycles. The number of rotatable bonds is 5. The lowest BCUT2D eigenvalue weighted by Gasteiger charge is -2.25. The van der Waals surface area contributed by atoms with Gasteiger partial charge in [-0.25, -0.2) is 0 Å². The van der Waals surface area contributed by atoms with Crippen LogP contribution < -0.4 is 0 Å². The van der Waals surface area contributed by atoms with Crippen LogP contribution in [0.1, 0.15) is 30.4 Å². The summed E-state index contributed by atoms with van der Waals surface area (Å²) in [6.07, 6.45) is 3.44. The van der Waals surface area contributed by atoms with Crippen LogP contribution >= 0.6 is 0 Å². The second kappa shape index (κ2) is 6.16. The molecule has 114 valence electrons. The van der Waals surface area contributed by atoms with Gasteiger partial charge in [0.2, 0.25) is 0 Å². The number of aliphatic carboxylic acids is 1. The van der Waals surface area contributed by atoms with Crippen molar-refractivity contribution in [1.29, 1.82) is 0 Å². The first-order chi connectivity index (χ1) is 10.2. The number of hydrogen-bond donors (Lipinski definition) is 1. The molecule has 0 radical (unpaired) electrons. The maximum atomic E-state index is 11.7. The molecule has 0 aromatic heterocycles. The lowest BCUT2D eigenvalue weighted by atomic mass is 9.94. The van der Waals surface area contributed by atoms with E-state index in [0.717, 1.165) is 18.5 Å². The molecule has 0 bridgehead atoms. The van der Waals surface area contributed by atoms with Crippen molar-refractivity contribution < 1.29 is 14.6 Å². The lowest BCUT2D eigenvalue weighted by molar-refractivity contribution is -0.143. The van der Waals surface area contributed by atoms with Crippen LogP contribution in [-0.2, 0) is 22.7 Å². The van der Waals surface area contributed by atoms with E-state index in [4.69, 9.17) is 4.74 Å². The van der Waals surface area contributed by atoms with Crippen molar-refractivity contribution in [3.63, 3.8) is 0 Å². The average Bonchev–Trinajstić information content (AvgIpc) is 3.01. The van der Waals surface area contributed by atoms with E-state index in [1.54, 1.807) is 7.11 Å². The molecular weight excluding hydrogens is 266 g/mol. The van der Waals surface area contributed by atoms with Gasteiger partial charge in [-0.3, -0.25) is 9.69 Å². The molecule has 1 N–H and O–H groups in total. The van der Waals surface area contributed by atoms with Crippen molar-refractivity contribution in [2.24, 2.45) is 11.8 Å². The van der Waals surface area contributed by atoms with E-state index >= 15 is 0 Å². The molecular formula is C17H23NO3. The van der Waals surface area contributed by atoms with Crippen LogP contribution in [0.2, 0.25) is 0 Å². The van der Waals surface area contributed by atoms with Crippen LogP contribution in [0.4, 0.5) is 0 Å². The van der Waals surface area contributed by atoms with Gasteiger partial charge in [-0.2, -0.15) is 0 Å². The van der Waals surface area contributed by atoms with E-state index < -0.39 is 5.97 Å². The Morgan fingerprint density at radius 3 is 2.81 bits per heavy atom. The second-order valence-corrected chi connectivity index (χ2v) is 6.27. The molecule has 2 aliphatic rings. The number of likely N-dealkylation sites (tertiary alicyclic amines) is 1. The van der Waals surface area contributed by atoms with Crippen LogP contribution in [0.5, 0.6) is 0 Å². The third-order valence-corrected chi connectivity index (χ3v) is 5.03. The topological polar surface area (TPSA) is 49.8 Å². The molecule has 21 heavy (non-hydrogen) atoms. The van der Waals surface area contributed by atoms with E-state index in [0.29, 0.717) is 25.0 Å². The summed E-state index contributed by atoms with van der Waals surface area (Å²) < 4.78 is 5.25. The quantitative estimate of drug-likeness (QED) is 0.905. The summed E-state index contributed by atoms with van der Waals surface area (Å²) in [4.78, 5) is 13.8. The number of nitrogens with zero attached hydrogens (tertiary/aromatic N) is 1. The van der Waals surface area contributed by atoms with E-state index in [1.807, 2.05) is 12.1 Å². The normalized spacial score (nSPS) is 28.7. The first kappa shape index (κ1) is 14.5. The van der Waals surface area contributed by atoms with Crippen molar-refractivity contribution in [1.82, 2.24) is 4.90 Å². The number of hydrogen-bond acceptors (Lipinski definition) is 3. The summed E-state index contributed by atoms with van der Waals surface area (Å²) in [6.45, 7) is 2.21. The Kier molecular flexibility index (Phi) is 4.27. The van der Waals surface area contributed by atoms with Crippen LogP contribution in [-0.4, -0.2) is 35.7 Å². The summed E-state index contributed by atoms with van der Waals surface area (Å²) in [5.74, 6) is 0.256. The number of fused-ring (bicyclic) bond motifs is 1. The minimum atomic E-state index is -0.659. The number of carboxylic acids is 1. The Bertz CT molecular complexity index is 517. The highest BCUT2D eigenvalue weighted by atomic mass is 16.5. The van der Waals surface area contributed by atoms with Crippen molar-refractivity contribution in [3.8, 4) is 0 Å². The van der Waals surface area contributed by atoms with Crippen molar-refractivity contribution in [2.45, 2.75) is 38.5 Å². The smallest absolute Gasteiger partial charge is 0.321 e. The second-order valence-electron chi connectivity index (χ2n) is 6.27. The lowest BCUT2D eigenvalue weighted by Crippen LogP contribution is -2.39. The summed E-state index contributed by atoms with van der Waals surface area (Å²) in [5, 5.41) is 9.62. The molecule has 1 aromatic carbocycles. The fourth-order valence-electron chi connectivity index (χ4n) is 4.12. The molecule has 3 unspecified atom stereocenters. The molecule has 1 heterocycles. The van der Waals surface area contributed by atoms with E-state index in [2.05, 4.69) is 17.0 Å². The summed E-state index contributed by atoms with van der Waals surface area (Å²) in [5.41, 5.74) is 2.34. The third kappa shape index (κ3) is 2.83.